The number of hydrogen-bond acceptors (Lipinski definition) is 2. The molecule has 2 nitrogen and oxygen atoms in total. The van der Waals surface area contributed by atoms with E-state index in [0.29, 0.717) is 6.61 Å². The average Bonchev–Trinajstić information content (AvgIpc) is 2.63. The van der Waals surface area contributed by atoms with E-state index in [-0.39, 0.29) is 0 Å². The maximum atomic E-state index is 8.72. The third-order valence-electron chi connectivity index (χ3n) is 5.22. The van der Waals surface area contributed by atoms with Gasteiger partial charge in [-0.2, -0.15) is 0 Å². The lowest BCUT2D eigenvalue weighted by Crippen LogP contribution is -2.16. The Morgan fingerprint density at radius 3 is 1.12 bits per heavy atom. The van der Waals surface area contributed by atoms with E-state index in [2.05, 4.69) is 12.2 Å². The first-order chi connectivity index (χ1) is 12.4. The Labute approximate surface area is 159 Å². The largest absolute Gasteiger partial charge is 0.396 e. The maximum Gasteiger partial charge on any atom is 0.0431 e. The summed E-state index contributed by atoms with van der Waals surface area (Å²) in [5.74, 6) is 0. The highest BCUT2D eigenvalue weighted by Gasteiger charge is 1.95. The van der Waals surface area contributed by atoms with Gasteiger partial charge in [0.05, 0.1) is 0 Å². The normalized spacial score (nSPS) is 11.3. The Morgan fingerprint density at radius 2 is 0.760 bits per heavy atom. The lowest BCUT2D eigenvalue weighted by molar-refractivity contribution is 0.282. The van der Waals surface area contributed by atoms with E-state index < -0.39 is 0 Å². The van der Waals surface area contributed by atoms with E-state index in [4.69, 9.17) is 5.11 Å². The molecule has 2 N–H and O–H groups in total. The molecule has 25 heavy (non-hydrogen) atoms. The molecule has 0 saturated carbocycles. The zero-order valence-corrected chi connectivity index (χ0v) is 17.5. The second-order valence-electron chi connectivity index (χ2n) is 7.84. The van der Waals surface area contributed by atoms with Gasteiger partial charge < -0.3 is 10.4 Å². The second-order valence-corrected chi connectivity index (χ2v) is 7.84. The van der Waals surface area contributed by atoms with Crippen LogP contribution < -0.4 is 5.32 Å². The highest BCUT2D eigenvalue weighted by molar-refractivity contribution is 4.52. The van der Waals surface area contributed by atoms with Crippen molar-refractivity contribution in [1.82, 2.24) is 5.32 Å². The van der Waals surface area contributed by atoms with Crippen molar-refractivity contribution in [2.24, 2.45) is 0 Å². The summed E-state index contributed by atoms with van der Waals surface area (Å²) >= 11 is 0. The first-order valence-corrected chi connectivity index (χ1v) is 11.7. The Balaban J connectivity index is 2.94. The van der Waals surface area contributed by atoms with Gasteiger partial charge in [0, 0.05) is 6.61 Å². The van der Waals surface area contributed by atoms with Crippen LogP contribution in [-0.4, -0.2) is 24.8 Å². The van der Waals surface area contributed by atoms with Crippen LogP contribution in [0.5, 0.6) is 0 Å². The Morgan fingerprint density at radius 1 is 0.440 bits per heavy atom. The summed E-state index contributed by atoms with van der Waals surface area (Å²) in [5.41, 5.74) is 0. The molecule has 0 amide bonds. The molecule has 0 heterocycles. The molecule has 0 saturated heterocycles. The quantitative estimate of drug-likeness (QED) is 0.205. The van der Waals surface area contributed by atoms with Crippen molar-refractivity contribution in [3.8, 4) is 0 Å². The van der Waals surface area contributed by atoms with Gasteiger partial charge in [0.1, 0.15) is 0 Å². The van der Waals surface area contributed by atoms with Gasteiger partial charge >= 0.3 is 0 Å². The first kappa shape index (κ1) is 24.9. The summed E-state index contributed by atoms with van der Waals surface area (Å²) in [6.45, 7) is 5.11. The summed E-state index contributed by atoms with van der Waals surface area (Å²) < 4.78 is 0. The van der Waals surface area contributed by atoms with E-state index in [9.17, 15) is 0 Å². The number of aliphatic hydroxyl groups excluding tert-OH is 1. The van der Waals surface area contributed by atoms with Crippen LogP contribution in [0.2, 0.25) is 0 Å². The zero-order chi connectivity index (χ0) is 18.3. The topological polar surface area (TPSA) is 32.3 Å². The third-order valence-corrected chi connectivity index (χ3v) is 5.22. The molecule has 0 aromatic rings. The van der Waals surface area contributed by atoms with Gasteiger partial charge in [-0.3, -0.25) is 0 Å². The molecule has 0 fully saturated rings. The summed E-state index contributed by atoms with van der Waals surface area (Å²) in [5, 5.41) is 12.3. The molecule has 0 aromatic carbocycles. The van der Waals surface area contributed by atoms with E-state index in [1.54, 1.807) is 0 Å². The molecule has 0 spiro atoms. The molecule has 0 unspecified atom stereocenters. The van der Waals surface area contributed by atoms with E-state index >= 15 is 0 Å². The molecule has 0 radical (unpaired) electrons. The van der Waals surface area contributed by atoms with E-state index in [0.717, 1.165) is 6.42 Å². The van der Waals surface area contributed by atoms with E-state index in [1.807, 2.05) is 0 Å². The van der Waals surface area contributed by atoms with Crippen molar-refractivity contribution >= 4 is 0 Å². The average molecular weight is 356 g/mol. The van der Waals surface area contributed by atoms with Crippen LogP contribution in [0.3, 0.4) is 0 Å². The van der Waals surface area contributed by atoms with Crippen LogP contribution in [0.15, 0.2) is 0 Å². The van der Waals surface area contributed by atoms with Gasteiger partial charge in [-0.1, -0.05) is 110 Å². The predicted octanol–water partition coefficient (Wildman–Crippen LogP) is 7.00. The standard InChI is InChI=1S/C23H49NO/c1-2-3-4-15-18-21-24-22-19-16-13-11-9-7-5-6-8-10-12-14-17-20-23-25/h24-25H,2-23H2,1H3. The van der Waals surface area contributed by atoms with Crippen molar-refractivity contribution in [3.05, 3.63) is 0 Å². The molecule has 0 rings (SSSR count). The van der Waals surface area contributed by atoms with E-state index in [1.165, 1.54) is 129 Å². The number of unbranched alkanes of at least 4 members (excludes halogenated alkanes) is 17. The van der Waals surface area contributed by atoms with Gasteiger partial charge in [0.2, 0.25) is 0 Å². The van der Waals surface area contributed by atoms with Crippen LogP contribution in [-0.2, 0) is 0 Å². The molecule has 0 atom stereocenters. The van der Waals surface area contributed by atoms with Crippen LogP contribution in [0.25, 0.3) is 0 Å². The van der Waals surface area contributed by atoms with Gasteiger partial charge in [-0.25, -0.2) is 0 Å². The van der Waals surface area contributed by atoms with Crippen molar-refractivity contribution in [3.63, 3.8) is 0 Å². The van der Waals surface area contributed by atoms with Crippen molar-refractivity contribution in [2.45, 2.75) is 129 Å². The molecular weight excluding hydrogens is 306 g/mol. The predicted molar refractivity (Wildman–Crippen MR) is 113 cm³/mol. The molecule has 0 aliphatic heterocycles. The summed E-state index contributed by atoms with van der Waals surface area (Å²) in [6.07, 6.45) is 26.1. The number of rotatable bonds is 22. The first-order valence-electron chi connectivity index (χ1n) is 11.7. The van der Waals surface area contributed by atoms with Gasteiger partial charge in [-0.05, 0) is 32.4 Å². The summed E-state index contributed by atoms with van der Waals surface area (Å²) in [7, 11) is 0. The Kier molecular flexibility index (Phi) is 23.8. The number of nitrogens with one attached hydrogen (secondary N) is 1. The fourth-order valence-corrected chi connectivity index (χ4v) is 3.46. The zero-order valence-electron chi connectivity index (χ0n) is 17.5. The molecule has 0 aliphatic carbocycles. The minimum absolute atomic E-state index is 0.371. The monoisotopic (exact) mass is 355 g/mol. The van der Waals surface area contributed by atoms with Crippen molar-refractivity contribution in [2.75, 3.05) is 19.7 Å². The Hall–Kier alpha value is -0.0800. The Bertz CT molecular complexity index is 198. The van der Waals surface area contributed by atoms with Crippen molar-refractivity contribution in [1.29, 1.82) is 0 Å². The highest BCUT2D eigenvalue weighted by atomic mass is 16.2. The van der Waals surface area contributed by atoms with Gasteiger partial charge in [-0.15, -0.1) is 0 Å². The van der Waals surface area contributed by atoms with Gasteiger partial charge in [0.25, 0.3) is 0 Å². The third kappa shape index (κ3) is 23.9. The second kappa shape index (κ2) is 23.9. The molecule has 0 aromatic heterocycles. The molecule has 0 aliphatic rings. The van der Waals surface area contributed by atoms with Gasteiger partial charge in [0.15, 0.2) is 0 Å². The molecule has 152 valence electrons. The maximum absolute atomic E-state index is 8.72. The molecule has 2 heteroatoms. The summed E-state index contributed by atoms with van der Waals surface area (Å²) in [6, 6.07) is 0. The fraction of sp³-hybridized carbons (Fsp3) is 1.00. The van der Waals surface area contributed by atoms with Crippen LogP contribution >= 0.6 is 0 Å². The summed E-state index contributed by atoms with van der Waals surface area (Å²) in [4.78, 5) is 0. The van der Waals surface area contributed by atoms with Crippen LogP contribution in [0.1, 0.15) is 129 Å². The minimum atomic E-state index is 0.371. The van der Waals surface area contributed by atoms with Crippen molar-refractivity contribution < 1.29 is 5.11 Å². The van der Waals surface area contributed by atoms with Crippen LogP contribution in [0, 0.1) is 0 Å². The molecular formula is C23H49NO. The highest BCUT2D eigenvalue weighted by Crippen LogP contribution is 2.12. The lowest BCUT2D eigenvalue weighted by atomic mass is 10.0. The molecule has 0 bridgehead atoms. The lowest BCUT2D eigenvalue weighted by Gasteiger charge is -2.05. The van der Waals surface area contributed by atoms with Crippen LogP contribution in [0.4, 0.5) is 0 Å². The minimum Gasteiger partial charge on any atom is -0.396 e. The fourth-order valence-electron chi connectivity index (χ4n) is 3.46. The smallest absolute Gasteiger partial charge is 0.0431 e. The number of hydrogen-bond donors (Lipinski definition) is 2. The SMILES string of the molecule is CCCCCCCNCCCCCCCCCCCCCCCCO. The number of aliphatic hydroxyl groups is 1.